The number of hydrogen-bond acceptors (Lipinski definition) is 3. The van der Waals surface area contributed by atoms with Gasteiger partial charge in [-0.15, -0.1) is 0 Å². The summed E-state index contributed by atoms with van der Waals surface area (Å²) in [5, 5.41) is 9.03. The first-order valence-corrected chi connectivity index (χ1v) is 8.96. The van der Waals surface area contributed by atoms with Crippen LogP contribution in [0.2, 0.25) is 0 Å². The summed E-state index contributed by atoms with van der Waals surface area (Å²) in [5.41, 5.74) is 0.874. The summed E-state index contributed by atoms with van der Waals surface area (Å²) in [6, 6.07) is 1.98. The maximum Gasteiger partial charge on any atom is 0.321 e. The minimum absolute atomic E-state index is 0.0114. The maximum atomic E-state index is 12.3. The lowest BCUT2D eigenvalue weighted by Gasteiger charge is -2.15. The van der Waals surface area contributed by atoms with Crippen LogP contribution in [-0.4, -0.2) is 25.5 Å². The molecule has 0 aliphatic carbocycles. The molecule has 1 rings (SSSR count). The zero-order valence-corrected chi connectivity index (χ0v) is 15.0. The number of rotatable bonds is 6. The minimum Gasteiger partial charge on any atom is -0.480 e. The second kappa shape index (κ2) is 7.02. The van der Waals surface area contributed by atoms with Crippen LogP contribution >= 0.6 is 31.9 Å². The number of carbonyl (C=O) groups is 1. The van der Waals surface area contributed by atoms with Gasteiger partial charge in [0, 0.05) is 8.95 Å². The molecule has 0 saturated carbocycles. The molecule has 0 bridgehead atoms. The monoisotopic (exact) mass is 427 g/mol. The van der Waals surface area contributed by atoms with E-state index in [9.17, 15) is 13.2 Å². The number of benzene rings is 1. The van der Waals surface area contributed by atoms with Gasteiger partial charge >= 0.3 is 5.97 Å². The van der Waals surface area contributed by atoms with Crippen molar-refractivity contribution in [3.05, 3.63) is 26.6 Å². The highest BCUT2D eigenvalue weighted by atomic mass is 79.9. The van der Waals surface area contributed by atoms with Crippen molar-refractivity contribution in [3.63, 3.8) is 0 Å². The Labute approximate surface area is 135 Å². The van der Waals surface area contributed by atoms with E-state index < -0.39 is 22.0 Å². The van der Waals surface area contributed by atoms with Gasteiger partial charge < -0.3 is 5.11 Å². The largest absolute Gasteiger partial charge is 0.480 e. The van der Waals surface area contributed by atoms with E-state index in [0.29, 0.717) is 15.4 Å². The van der Waals surface area contributed by atoms with Crippen LogP contribution in [-0.2, 0) is 14.8 Å². The smallest absolute Gasteiger partial charge is 0.321 e. The summed E-state index contributed by atoms with van der Waals surface area (Å²) in [6.07, 6.45) is 0.803. The standard InChI is InChI=1S/C12H15Br2NO4S/c1-3-4-10(12(16)17)15-20(18,19)11-6-8(13)7(2)5-9(11)14/h5-6,10,15H,3-4H2,1-2H3,(H,16,17)/t10-/m0/s1. The van der Waals surface area contributed by atoms with E-state index in [1.54, 1.807) is 13.0 Å². The van der Waals surface area contributed by atoms with E-state index in [2.05, 4.69) is 36.6 Å². The lowest BCUT2D eigenvalue weighted by molar-refractivity contribution is -0.139. The van der Waals surface area contributed by atoms with E-state index in [1.165, 1.54) is 6.07 Å². The Bertz CT molecular complexity index is 616. The van der Waals surface area contributed by atoms with Gasteiger partial charge in [-0.25, -0.2) is 8.42 Å². The van der Waals surface area contributed by atoms with Crippen LogP contribution in [0.3, 0.4) is 0 Å². The van der Waals surface area contributed by atoms with Crippen LogP contribution in [0.25, 0.3) is 0 Å². The van der Waals surface area contributed by atoms with Crippen molar-refractivity contribution in [1.82, 2.24) is 4.72 Å². The van der Waals surface area contributed by atoms with Gasteiger partial charge in [0.25, 0.3) is 0 Å². The van der Waals surface area contributed by atoms with Gasteiger partial charge in [-0.2, -0.15) is 4.72 Å². The van der Waals surface area contributed by atoms with Crippen molar-refractivity contribution in [1.29, 1.82) is 0 Å². The number of hydrogen-bond donors (Lipinski definition) is 2. The lowest BCUT2D eigenvalue weighted by Crippen LogP contribution is -2.40. The molecule has 1 atom stereocenters. The normalized spacial score (nSPS) is 13.2. The number of halogens is 2. The fraction of sp³-hybridized carbons (Fsp3) is 0.417. The zero-order chi connectivity index (χ0) is 15.5. The Kier molecular flexibility index (Phi) is 6.18. The molecule has 1 aromatic rings. The first kappa shape index (κ1) is 17.6. The van der Waals surface area contributed by atoms with Gasteiger partial charge in [-0.1, -0.05) is 29.3 Å². The maximum absolute atomic E-state index is 12.3. The molecule has 0 radical (unpaired) electrons. The fourth-order valence-electron chi connectivity index (χ4n) is 1.61. The highest BCUT2D eigenvalue weighted by Gasteiger charge is 2.26. The number of aryl methyl sites for hydroxylation is 1. The van der Waals surface area contributed by atoms with Crippen molar-refractivity contribution in [2.75, 3.05) is 0 Å². The molecule has 8 heteroatoms. The third-order valence-electron chi connectivity index (χ3n) is 2.68. The van der Waals surface area contributed by atoms with Crippen molar-refractivity contribution >= 4 is 47.9 Å². The average Bonchev–Trinajstić information content (AvgIpc) is 2.32. The Morgan fingerprint density at radius 1 is 1.35 bits per heavy atom. The number of sulfonamides is 1. The van der Waals surface area contributed by atoms with Crippen molar-refractivity contribution in [3.8, 4) is 0 Å². The molecule has 1 aromatic carbocycles. The van der Waals surface area contributed by atoms with Crippen molar-refractivity contribution < 1.29 is 18.3 Å². The molecule has 20 heavy (non-hydrogen) atoms. The average molecular weight is 429 g/mol. The molecule has 0 unspecified atom stereocenters. The van der Waals surface area contributed by atoms with E-state index in [1.807, 2.05) is 6.92 Å². The molecule has 0 aliphatic rings. The Morgan fingerprint density at radius 3 is 2.45 bits per heavy atom. The first-order valence-electron chi connectivity index (χ1n) is 5.89. The van der Waals surface area contributed by atoms with Crippen LogP contribution in [0.1, 0.15) is 25.3 Å². The molecule has 0 saturated heterocycles. The summed E-state index contributed by atoms with van der Waals surface area (Å²) in [4.78, 5) is 11.1. The van der Waals surface area contributed by atoms with Gasteiger partial charge in [-0.05, 0) is 47.0 Å². The number of carboxylic acid groups (broad SMARTS) is 1. The van der Waals surface area contributed by atoms with Gasteiger partial charge in [0.2, 0.25) is 10.0 Å². The summed E-state index contributed by atoms with van der Waals surface area (Å²) in [7, 11) is -3.90. The second-order valence-corrected chi connectivity index (χ2v) is 7.72. The number of carboxylic acids is 1. The minimum atomic E-state index is -3.90. The quantitative estimate of drug-likeness (QED) is 0.729. The number of aliphatic carboxylic acids is 1. The summed E-state index contributed by atoms with van der Waals surface area (Å²) < 4.78 is 27.8. The van der Waals surface area contributed by atoms with E-state index in [0.717, 1.165) is 5.56 Å². The second-order valence-electron chi connectivity index (χ2n) is 4.33. The third kappa shape index (κ3) is 4.28. The highest BCUT2D eigenvalue weighted by Crippen LogP contribution is 2.29. The molecule has 0 fully saturated rings. The van der Waals surface area contributed by atoms with Crippen LogP contribution in [0.4, 0.5) is 0 Å². The molecule has 0 aromatic heterocycles. The zero-order valence-electron chi connectivity index (χ0n) is 11.0. The molecule has 0 aliphatic heterocycles. The Hall–Kier alpha value is -0.440. The molecule has 112 valence electrons. The van der Waals surface area contributed by atoms with Crippen LogP contribution < -0.4 is 4.72 Å². The first-order chi connectivity index (χ1) is 9.19. The molecule has 2 N–H and O–H groups in total. The molecular formula is C12H15Br2NO4S. The van der Waals surface area contributed by atoms with Crippen LogP contribution in [0.5, 0.6) is 0 Å². The van der Waals surface area contributed by atoms with Crippen LogP contribution in [0, 0.1) is 6.92 Å². The molecule has 0 heterocycles. The van der Waals surface area contributed by atoms with Crippen molar-refractivity contribution in [2.24, 2.45) is 0 Å². The Balaban J connectivity index is 3.17. The van der Waals surface area contributed by atoms with E-state index in [4.69, 9.17) is 5.11 Å². The van der Waals surface area contributed by atoms with E-state index >= 15 is 0 Å². The fourth-order valence-corrected chi connectivity index (χ4v) is 4.51. The summed E-state index contributed by atoms with van der Waals surface area (Å²) in [5.74, 6) is -1.18. The van der Waals surface area contributed by atoms with Gasteiger partial charge in [-0.3, -0.25) is 4.79 Å². The lowest BCUT2D eigenvalue weighted by atomic mass is 10.2. The topological polar surface area (TPSA) is 83.5 Å². The predicted octanol–water partition coefficient (Wildman–Crippen LogP) is 3.05. The third-order valence-corrected chi connectivity index (χ3v) is 5.96. The van der Waals surface area contributed by atoms with Crippen LogP contribution in [0.15, 0.2) is 26.0 Å². The predicted molar refractivity (Wildman–Crippen MR) is 83.2 cm³/mol. The summed E-state index contributed by atoms with van der Waals surface area (Å²) >= 11 is 6.46. The SMILES string of the molecule is CCC[C@H](NS(=O)(=O)c1cc(Br)c(C)cc1Br)C(=O)O. The van der Waals surface area contributed by atoms with E-state index in [-0.39, 0.29) is 11.3 Å². The highest BCUT2D eigenvalue weighted by molar-refractivity contribution is 9.11. The van der Waals surface area contributed by atoms with Gasteiger partial charge in [0.05, 0.1) is 4.90 Å². The molecule has 5 nitrogen and oxygen atoms in total. The van der Waals surface area contributed by atoms with Gasteiger partial charge in [0.1, 0.15) is 6.04 Å². The molecule has 0 amide bonds. The Morgan fingerprint density at radius 2 is 1.95 bits per heavy atom. The molecular weight excluding hydrogens is 414 g/mol. The molecule has 0 spiro atoms. The number of nitrogens with one attached hydrogen (secondary N) is 1. The van der Waals surface area contributed by atoms with Gasteiger partial charge in [0.15, 0.2) is 0 Å². The summed E-state index contributed by atoms with van der Waals surface area (Å²) in [6.45, 7) is 3.62. The van der Waals surface area contributed by atoms with Crippen molar-refractivity contribution in [2.45, 2.75) is 37.6 Å².